The topological polar surface area (TPSA) is 75.6 Å². The van der Waals surface area contributed by atoms with Gasteiger partial charge in [0.05, 0.1) is 0 Å². The summed E-state index contributed by atoms with van der Waals surface area (Å²) in [7, 11) is 0. The first kappa shape index (κ1) is 14.4. The van der Waals surface area contributed by atoms with Crippen molar-refractivity contribution in [1.29, 1.82) is 0 Å². The molecule has 2 N–H and O–H groups in total. The fraction of sp³-hybridized carbons (Fsp3) is 0.0769. The molecule has 0 radical (unpaired) electrons. The standard InChI is InChI=1S/C13H10ClNO4S/c14-8-2-1-3-9(6-8)15-11(16)7-19-10-4-5-20-12(10)13(17)18/h1-6H,7H2,(H,15,16)(H,17,18). The number of hydrogen-bond donors (Lipinski definition) is 2. The van der Waals surface area contributed by atoms with Gasteiger partial charge in [-0.3, -0.25) is 4.79 Å². The molecule has 7 heteroatoms. The number of benzene rings is 1. The van der Waals surface area contributed by atoms with Gasteiger partial charge in [-0.05, 0) is 29.6 Å². The summed E-state index contributed by atoms with van der Waals surface area (Å²) in [4.78, 5) is 22.6. The van der Waals surface area contributed by atoms with E-state index in [1.165, 1.54) is 6.07 Å². The second kappa shape index (κ2) is 6.40. The molecule has 104 valence electrons. The average Bonchev–Trinajstić information content (AvgIpc) is 2.85. The number of carboxylic acids is 1. The number of amides is 1. The predicted octanol–water partition coefficient (Wildman–Crippen LogP) is 3.12. The van der Waals surface area contributed by atoms with Crippen molar-refractivity contribution in [3.8, 4) is 5.75 Å². The molecule has 0 atom stereocenters. The molecule has 0 aliphatic heterocycles. The second-order valence-electron chi connectivity index (χ2n) is 3.77. The lowest BCUT2D eigenvalue weighted by Crippen LogP contribution is -2.20. The molecule has 0 saturated carbocycles. The third kappa shape index (κ3) is 3.72. The quantitative estimate of drug-likeness (QED) is 0.889. The highest BCUT2D eigenvalue weighted by molar-refractivity contribution is 7.12. The lowest BCUT2D eigenvalue weighted by atomic mass is 10.3. The smallest absolute Gasteiger partial charge is 0.349 e. The van der Waals surface area contributed by atoms with Gasteiger partial charge in [0, 0.05) is 10.7 Å². The van der Waals surface area contributed by atoms with E-state index < -0.39 is 11.9 Å². The zero-order valence-corrected chi connectivity index (χ0v) is 11.7. The number of carbonyl (C=O) groups excluding carboxylic acids is 1. The molecule has 20 heavy (non-hydrogen) atoms. The van der Waals surface area contributed by atoms with Crippen LogP contribution in [0.25, 0.3) is 0 Å². The van der Waals surface area contributed by atoms with E-state index in [-0.39, 0.29) is 17.2 Å². The van der Waals surface area contributed by atoms with E-state index in [4.69, 9.17) is 21.4 Å². The fourth-order valence-electron chi connectivity index (χ4n) is 1.47. The van der Waals surface area contributed by atoms with Crippen LogP contribution in [-0.4, -0.2) is 23.6 Å². The van der Waals surface area contributed by atoms with Crippen LogP contribution in [0.5, 0.6) is 5.75 Å². The van der Waals surface area contributed by atoms with Crippen LogP contribution in [0.2, 0.25) is 5.02 Å². The van der Waals surface area contributed by atoms with Crippen molar-refractivity contribution in [2.45, 2.75) is 0 Å². The van der Waals surface area contributed by atoms with E-state index >= 15 is 0 Å². The van der Waals surface area contributed by atoms with Crippen molar-refractivity contribution >= 4 is 40.5 Å². The van der Waals surface area contributed by atoms with E-state index in [0.717, 1.165) is 11.3 Å². The molecular weight excluding hydrogens is 302 g/mol. The zero-order chi connectivity index (χ0) is 14.5. The number of nitrogens with one attached hydrogen (secondary N) is 1. The summed E-state index contributed by atoms with van der Waals surface area (Å²) in [6.45, 7) is -0.274. The van der Waals surface area contributed by atoms with Gasteiger partial charge in [0.15, 0.2) is 11.5 Å². The first-order valence-electron chi connectivity index (χ1n) is 5.55. The SMILES string of the molecule is O=C(COc1ccsc1C(=O)O)Nc1cccc(Cl)c1. The molecule has 0 spiro atoms. The molecule has 0 fully saturated rings. The van der Waals surface area contributed by atoms with Crippen LogP contribution in [-0.2, 0) is 4.79 Å². The van der Waals surface area contributed by atoms with E-state index in [9.17, 15) is 9.59 Å². The minimum absolute atomic E-state index is 0.0700. The van der Waals surface area contributed by atoms with Crippen LogP contribution in [0.15, 0.2) is 35.7 Å². The minimum Gasteiger partial charge on any atom is -0.482 e. The molecule has 1 aromatic carbocycles. The summed E-state index contributed by atoms with van der Waals surface area (Å²) in [5, 5.41) is 13.6. The Balaban J connectivity index is 1.92. The average molecular weight is 312 g/mol. The van der Waals surface area contributed by atoms with E-state index in [2.05, 4.69) is 5.32 Å². The molecule has 2 aromatic rings. The van der Waals surface area contributed by atoms with Gasteiger partial charge in [-0.2, -0.15) is 0 Å². The Labute approximate surface area is 123 Å². The number of carbonyl (C=O) groups is 2. The van der Waals surface area contributed by atoms with Gasteiger partial charge in [0.25, 0.3) is 5.91 Å². The number of halogens is 1. The number of anilines is 1. The normalized spacial score (nSPS) is 10.1. The van der Waals surface area contributed by atoms with Crippen LogP contribution in [0.3, 0.4) is 0 Å². The van der Waals surface area contributed by atoms with Crippen molar-refractivity contribution in [3.05, 3.63) is 45.6 Å². The first-order chi connectivity index (χ1) is 9.56. The van der Waals surface area contributed by atoms with Crippen molar-refractivity contribution in [1.82, 2.24) is 0 Å². The molecule has 0 unspecified atom stereocenters. The highest BCUT2D eigenvalue weighted by atomic mass is 35.5. The third-order valence-corrected chi connectivity index (χ3v) is 3.41. The largest absolute Gasteiger partial charge is 0.482 e. The summed E-state index contributed by atoms with van der Waals surface area (Å²) in [6.07, 6.45) is 0. The maximum Gasteiger partial charge on any atom is 0.349 e. The Bertz CT molecular complexity index is 641. The minimum atomic E-state index is -1.08. The van der Waals surface area contributed by atoms with Crippen LogP contribution < -0.4 is 10.1 Å². The summed E-state index contributed by atoms with van der Waals surface area (Å²) >= 11 is 6.84. The third-order valence-electron chi connectivity index (χ3n) is 2.29. The van der Waals surface area contributed by atoms with Gasteiger partial charge >= 0.3 is 5.97 Å². The Kier molecular flexibility index (Phi) is 4.60. The van der Waals surface area contributed by atoms with Crippen molar-refractivity contribution in [3.63, 3.8) is 0 Å². The number of aromatic carboxylic acids is 1. The molecule has 1 heterocycles. The van der Waals surface area contributed by atoms with Gasteiger partial charge in [-0.15, -0.1) is 11.3 Å². The highest BCUT2D eigenvalue weighted by Crippen LogP contribution is 2.24. The molecule has 1 aromatic heterocycles. The van der Waals surface area contributed by atoms with Gasteiger partial charge in [-0.1, -0.05) is 17.7 Å². The maximum atomic E-state index is 11.7. The zero-order valence-electron chi connectivity index (χ0n) is 10.1. The molecule has 1 amide bonds. The lowest BCUT2D eigenvalue weighted by Gasteiger charge is -2.07. The van der Waals surface area contributed by atoms with Crippen molar-refractivity contribution in [2.24, 2.45) is 0 Å². The number of rotatable bonds is 5. The van der Waals surface area contributed by atoms with Gasteiger partial charge in [0.1, 0.15) is 5.75 Å². The first-order valence-corrected chi connectivity index (χ1v) is 6.81. The van der Waals surface area contributed by atoms with Gasteiger partial charge < -0.3 is 15.2 Å². The van der Waals surface area contributed by atoms with Crippen LogP contribution in [0.4, 0.5) is 5.69 Å². The Morgan fingerprint density at radius 3 is 2.85 bits per heavy atom. The Morgan fingerprint density at radius 1 is 1.35 bits per heavy atom. The van der Waals surface area contributed by atoms with Gasteiger partial charge in [-0.25, -0.2) is 4.79 Å². The maximum absolute atomic E-state index is 11.7. The fourth-order valence-corrected chi connectivity index (χ4v) is 2.34. The Morgan fingerprint density at radius 2 is 2.15 bits per heavy atom. The lowest BCUT2D eigenvalue weighted by molar-refractivity contribution is -0.118. The summed E-state index contributed by atoms with van der Waals surface area (Å²) in [6, 6.07) is 8.21. The molecule has 2 rings (SSSR count). The summed E-state index contributed by atoms with van der Waals surface area (Å²) in [5.41, 5.74) is 0.551. The molecule has 0 aliphatic carbocycles. The highest BCUT2D eigenvalue weighted by Gasteiger charge is 2.14. The Hall–Kier alpha value is -2.05. The number of carboxylic acid groups (broad SMARTS) is 1. The van der Waals surface area contributed by atoms with Crippen molar-refractivity contribution in [2.75, 3.05) is 11.9 Å². The second-order valence-corrected chi connectivity index (χ2v) is 5.12. The number of ether oxygens (including phenoxy) is 1. The van der Waals surface area contributed by atoms with E-state index in [1.807, 2.05) is 0 Å². The molecule has 0 aliphatic rings. The van der Waals surface area contributed by atoms with E-state index in [1.54, 1.807) is 29.6 Å². The van der Waals surface area contributed by atoms with Crippen LogP contribution >= 0.6 is 22.9 Å². The number of thiophene rings is 1. The van der Waals surface area contributed by atoms with Crippen LogP contribution in [0.1, 0.15) is 9.67 Å². The molecular formula is C13H10ClNO4S. The number of hydrogen-bond acceptors (Lipinski definition) is 4. The molecule has 0 bridgehead atoms. The molecule has 0 saturated heterocycles. The summed E-state index contributed by atoms with van der Waals surface area (Å²) < 4.78 is 5.19. The monoisotopic (exact) mass is 311 g/mol. The van der Waals surface area contributed by atoms with Gasteiger partial charge in [0.2, 0.25) is 0 Å². The van der Waals surface area contributed by atoms with Crippen LogP contribution in [0, 0.1) is 0 Å². The molecule has 5 nitrogen and oxygen atoms in total. The van der Waals surface area contributed by atoms with Crippen molar-refractivity contribution < 1.29 is 19.4 Å². The van der Waals surface area contributed by atoms with E-state index in [0.29, 0.717) is 10.7 Å². The summed E-state index contributed by atoms with van der Waals surface area (Å²) in [5.74, 6) is -1.29. The predicted molar refractivity (Wildman–Crippen MR) is 76.9 cm³/mol.